The Bertz CT molecular complexity index is 1070. The van der Waals surface area contributed by atoms with Crippen LogP contribution in [-0.2, 0) is 0 Å². The first-order valence-corrected chi connectivity index (χ1v) is 10.4. The summed E-state index contributed by atoms with van der Waals surface area (Å²) in [6, 6.07) is 10.5. The average Bonchev–Trinajstić information content (AvgIpc) is 3.21. The molecule has 2 bridgehead atoms. The molecular formula is C21H21N3O3S. The highest BCUT2D eigenvalue weighted by molar-refractivity contribution is 7.20. The molecule has 2 saturated heterocycles. The number of benzene rings is 1. The number of thiophene rings is 1. The Morgan fingerprint density at radius 2 is 1.89 bits per heavy atom. The maximum atomic E-state index is 12.8. The molecule has 0 saturated carbocycles. The number of aldehydes is 1. The van der Waals surface area contributed by atoms with Crippen LogP contribution in [0.4, 0.5) is 0 Å². The maximum absolute atomic E-state index is 12.8. The number of hydrogen-bond donors (Lipinski definition) is 0. The standard InChI is InChI=1S/C21H21N3O3S/c1-23-14-2-3-15(23)9-17(8-14)27-16-6-4-13(5-7-16)24-12-22-19-10-18(11-25)28-20(19)21(24)26/h4-7,10-12,14-15,17H,2-3,8-9H2,1H3/t14-,15+,17+. The third-order valence-electron chi connectivity index (χ3n) is 6.05. The van der Waals surface area contributed by atoms with Gasteiger partial charge in [0.2, 0.25) is 0 Å². The average molecular weight is 395 g/mol. The molecular weight excluding hydrogens is 374 g/mol. The molecule has 6 nitrogen and oxygen atoms in total. The summed E-state index contributed by atoms with van der Waals surface area (Å²) in [6.07, 6.45) is 7.21. The van der Waals surface area contributed by atoms with Crippen molar-refractivity contribution in [2.45, 2.75) is 43.9 Å². The first-order valence-electron chi connectivity index (χ1n) is 9.58. The molecule has 28 heavy (non-hydrogen) atoms. The lowest BCUT2D eigenvalue weighted by molar-refractivity contribution is 0.0662. The second-order valence-corrected chi connectivity index (χ2v) is 8.74. The lowest BCUT2D eigenvalue weighted by atomic mass is 10.0. The number of nitrogens with zero attached hydrogens (tertiary/aromatic N) is 3. The Morgan fingerprint density at radius 1 is 1.18 bits per heavy atom. The first-order chi connectivity index (χ1) is 13.6. The van der Waals surface area contributed by atoms with Crippen LogP contribution in [0.2, 0.25) is 0 Å². The number of piperidine rings is 1. The summed E-state index contributed by atoms with van der Waals surface area (Å²) in [5.41, 5.74) is 1.13. The monoisotopic (exact) mass is 395 g/mol. The van der Waals surface area contributed by atoms with Crippen LogP contribution in [-0.4, -0.2) is 46.0 Å². The molecule has 3 aromatic rings. The molecule has 3 atom stereocenters. The van der Waals surface area contributed by atoms with Gasteiger partial charge in [0.05, 0.1) is 16.1 Å². The predicted octanol–water partition coefficient (Wildman–Crippen LogP) is 3.26. The molecule has 1 aromatic carbocycles. The fourth-order valence-electron chi connectivity index (χ4n) is 4.51. The molecule has 0 spiro atoms. The van der Waals surface area contributed by atoms with E-state index in [1.54, 1.807) is 6.07 Å². The van der Waals surface area contributed by atoms with Gasteiger partial charge >= 0.3 is 0 Å². The quantitative estimate of drug-likeness (QED) is 0.635. The summed E-state index contributed by atoms with van der Waals surface area (Å²) >= 11 is 1.17. The minimum atomic E-state index is -0.163. The number of ether oxygens (including phenoxy) is 1. The topological polar surface area (TPSA) is 64.4 Å². The highest BCUT2D eigenvalue weighted by Crippen LogP contribution is 2.36. The van der Waals surface area contributed by atoms with Gasteiger partial charge < -0.3 is 9.64 Å². The largest absolute Gasteiger partial charge is 0.490 e. The van der Waals surface area contributed by atoms with Crippen LogP contribution >= 0.6 is 11.3 Å². The van der Waals surface area contributed by atoms with Crippen LogP contribution in [0.3, 0.4) is 0 Å². The molecule has 0 amide bonds. The summed E-state index contributed by atoms with van der Waals surface area (Å²) in [7, 11) is 2.22. The lowest BCUT2D eigenvalue weighted by Crippen LogP contribution is -2.43. The van der Waals surface area contributed by atoms with Gasteiger partial charge in [0.15, 0.2) is 6.29 Å². The summed E-state index contributed by atoms with van der Waals surface area (Å²) in [5, 5.41) is 0. The van der Waals surface area contributed by atoms with Crippen LogP contribution in [0.1, 0.15) is 35.4 Å². The lowest BCUT2D eigenvalue weighted by Gasteiger charge is -2.36. The van der Waals surface area contributed by atoms with Crippen molar-refractivity contribution in [3.05, 3.63) is 51.9 Å². The van der Waals surface area contributed by atoms with E-state index in [0.717, 1.165) is 30.6 Å². The van der Waals surface area contributed by atoms with Crippen LogP contribution in [0.15, 0.2) is 41.5 Å². The molecule has 2 aliphatic rings. The smallest absolute Gasteiger partial charge is 0.275 e. The summed E-state index contributed by atoms with van der Waals surface area (Å²) in [5.74, 6) is 0.833. The molecule has 4 heterocycles. The van der Waals surface area contributed by atoms with Crippen molar-refractivity contribution in [2.75, 3.05) is 7.05 Å². The molecule has 5 rings (SSSR count). The SMILES string of the molecule is CN1[C@@H]2CC[C@H]1C[C@@H](Oc1ccc(-n3cnc4cc(C=O)sc4c3=O)cc1)C2. The third kappa shape index (κ3) is 2.95. The molecule has 0 N–H and O–H groups in total. The number of fused-ring (bicyclic) bond motifs is 3. The Kier molecular flexibility index (Phi) is 4.29. The second kappa shape index (κ2) is 6.83. The van der Waals surface area contributed by atoms with Gasteiger partial charge in [0.25, 0.3) is 5.56 Å². The van der Waals surface area contributed by atoms with Gasteiger partial charge in [0, 0.05) is 12.1 Å². The van der Waals surface area contributed by atoms with Crippen molar-refractivity contribution in [1.82, 2.24) is 14.5 Å². The molecule has 7 heteroatoms. The van der Waals surface area contributed by atoms with Crippen molar-refractivity contribution >= 4 is 27.8 Å². The molecule has 144 valence electrons. The highest BCUT2D eigenvalue weighted by Gasteiger charge is 2.39. The van der Waals surface area contributed by atoms with E-state index in [4.69, 9.17) is 4.74 Å². The zero-order valence-corrected chi connectivity index (χ0v) is 16.4. The van der Waals surface area contributed by atoms with E-state index in [1.807, 2.05) is 24.3 Å². The number of carbonyl (C=O) groups is 1. The van der Waals surface area contributed by atoms with Crippen molar-refractivity contribution in [3.8, 4) is 11.4 Å². The van der Waals surface area contributed by atoms with Gasteiger partial charge in [-0.1, -0.05) is 0 Å². The molecule has 2 aliphatic heterocycles. The normalized spacial score (nSPS) is 24.5. The Morgan fingerprint density at radius 3 is 2.57 bits per heavy atom. The van der Waals surface area contributed by atoms with E-state index in [1.165, 1.54) is 35.1 Å². The summed E-state index contributed by atoms with van der Waals surface area (Å²) in [4.78, 5) is 31.0. The number of carbonyl (C=O) groups excluding carboxylic acids is 1. The van der Waals surface area contributed by atoms with Crippen molar-refractivity contribution < 1.29 is 9.53 Å². The first kappa shape index (κ1) is 17.6. The Hall–Kier alpha value is -2.51. The molecule has 0 radical (unpaired) electrons. The van der Waals surface area contributed by atoms with Gasteiger partial charge in [-0.15, -0.1) is 11.3 Å². The zero-order chi connectivity index (χ0) is 19.3. The van der Waals surface area contributed by atoms with Gasteiger partial charge in [0.1, 0.15) is 22.9 Å². The minimum absolute atomic E-state index is 0.163. The third-order valence-corrected chi connectivity index (χ3v) is 7.08. The Labute approximate surface area is 166 Å². The van der Waals surface area contributed by atoms with E-state index in [2.05, 4.69) is 16.9 Å². The van der Waals surface area contributed by atoms with Crippen LogP contribution in [0, 0.1) is 0 Å². The fraction of sp³-hybridized carbons (Fsp3) is 0.381. The molecule has 2 aromatic heterocycles. The number of rotatable bonds is 4. The second-order valence-electron chi connectivity index (χ2n) is 7.66. The van der Waals surface area contributed by atoms with E-state index >= 15 is 0 Å². The van der Waals surface area contributed by atoms with Gasteiger partial charge in [-0.2, -0.15) is 0 Å². The van der Waals surface area contributed by atoms with E-state index < -0.39 is 0 Å². The van der Waals surface area contributed by atoms with E-state index in [0.29, 0.717) is 27.2 Å². The number of hydrogen-bond acceptors (Lipinski definition) is 6. The Balaban J connectivity index is 1.37. The van der Waals surface area contributed by atoms with Crippen molar-refractivity contribution in [2.24, 2.45) is 0 Å². The van der Waals surface area contributed by atoms with Gasteiger partial charge in [-0.05, 0) is 63.1 Å². The minimum Gasteiger partial charge on any atom is -0.490 e. The van der Waals surface area contributed by atoms with E-state index in [-0.39, 0.29) is 11.7 Å². The molecule has 0 unspecified atom stereocenters. The fourth-order valence-corrected chi connectivity index (χ4v) is 5.36. The molecule has 2 fully saturated rings. The van der Waals surface area contributed by atoms with Crippen LogP contribution in [0.25, 0.3) is 15.9 Å². The zero-order valence-electron chi connectivity index (χ0n) is 15.6. The number of aromatic nitrogens is 2. The molecule has 0 aliphatic carbocycles. The van der Waals surface area contributed by atoms with Crippen molar-refractivity contribution in [1.29, 1.82) is 0 Å². The predicted molar refractivity (Wildman–Crippen MR) is 109 cm³/mol. The van der Waals surface area contributed by atoms with E-state index in [9.17, 15) is 9.59 Å². The van der Waals surface area contributed by atoms with Crippen LogP contribution < -0.4 is 10.3 Å². The summed E-state index contributed by atoms with van der Waals surface area (Å²) < 4.78 is 8.23. The maximum Gasteiger partial charge on any atom is 0.275 e. The van der Waals surface area contributed by atoms with Gasteiger partial charge in [-0.25, -0.2) is 4.98 Å². The van der Waals surface area contributed by atoms with Crippen molar-refractivity contribution in [3.63, 3.8) is 0 Å². The van der Waals surface area contributed by atoms with Gasteiger partial charge in [-0.3, -0.25) is 14.2 Å². The van der Waals surface area contributed by atoms with Crippen LogP contribution in [0.5, 0.6) is 5.75 Å². The summed E-state index contributed by atoms with van der Waals surface area (Å²) in [6.45, 7) is 0. The highest BCUT2D eigenvalue weighted by atomic mass is 32.1.